The average molecular weight is 459 g/mol. The van der Waals surface area contributed by atoms with Crippen LogP contribution >= 0.6 is 22.9 Å². The fourth-order valence-corrected chi connectivity index (χ4v) is 4.16. The molecule has 32 heavy (non-hydrogen) atoms. The molecule has 1 amide bonds. The van der Waals surface area contributed by atoms with Crippen molar-refractivity contribution in [2.45, 2.75) is 0 Å². The molecule has 0 aliphatic carbocycles. The Kier molecular flexibility index (Phi) is 5.31. The van der Waals surface area contributed by atoms with Crippen LogP contribution in [0, 0.1) is 0 Å². The Balaban J connectivity index is 1.34. The number of halogens is 1. The molecule has 0 bridgehead atoms. The molecule has 0 fully saturated rings. The number of carbonyl (C=O) groups is 1. The van der Waals surface area contributed by atoms with Crippen LogP contribution in [0.15, 0.2) is 93.5 Å². The Hall–Kier alpha value is -3.74. The summed E-state index contributed by atoms with van der Waals surface area (Å²) in [5.41, 5.74) is 3.40. The van der Waals surface area contributed by atoms with E-state index in [2.05, 4.69) is 10.3 Å². The number of anilines is 1. The molecule has 0 spiro atoms. The summed E-state index contributed by atoms with van der Waals surface area (Å²) in [5.74, 6) is -0.279. The number of thiazole rings is 1. The molecule has 5 nitrogen and oxygen atoms in total. The van der Waals surface area contributed by atoms with E-state index in [-0.39, 0.29) is 5.91 Å². The van der Waals surface area contributed by atoms with Crippen molar-refractivity contribution in [1.82, 2.24) is 4.98 Å². The molecule has 0 saturated heterocycles. The first-order valence-corrected chi connectivity index (χ1v) is 11.0. The van der Waals surface area contributed by atoms with Gasteiger partial charge in [-0.05, 0) is 42.0 Å². The quantitative estimate of drug-likeness (QED) is 0.312. The number of para-hydroxylation sites is 1. The molecule has 7 heteroatoms. The lowest BCUT2D eigenvalue weighted by Crippen LogP contribution is -2.11. The summed E-state index contributed by atoms with van der Waals surface area (Å²) in [5, 5.41) is 6.68. The van der Waals surface area contributed by atoms with Gasteiger partial charge in [0.15, 0.2) is 5.13 Å². The van der Waals surface area contributed by atoms with E-state index in [0.29, 0.717) is 32.4 Å². The lowest BCUT2D eigenvalue weighted by atomic mass is 10.0. The number of benzene rings is 3. The summed E-state index contributed by atoms with van der Waals surface area (Å²) in [7, 11) is 0. The van der Waals surface area contributed by atoms with Crippen molar-refractivity contribution in [3.63, 3.8) is 0 Å². The number of hydrogen-bond donors (Lipinski definition) is 1. The average Bonchev–Trinajstić information content (AvgIpc) is 3.27. The first-order valence-electron chi connectivity index (χ1n) is 9.73. The number of amides is 1. The number of nitrogens with one attached hydrogen (secondary N) is 1. The maximum absolute atomic E-state index is 12.7. The van der Waals surface area contributed by atoms with Crippen molar-refractivity contribution in [3.8, 4) is 22.4 Å². The van der Waals surface area contributed by atoms with Gasteiger partial charge in [0.1, 0.15) is 5.58 Å². The molecular formula is C25H15ClN2O3S. The van der Waals surface area contributed by atoms with Crippen LogP contribution < -0.4 is 10.9 Å². The second-order valence-corrected chi connectivity index (χ2v) is 8.36. The van der Waals surface area contributed by atoms with Crippen LogP contribution in [0.3, 0.4) is 0 Å². The molecule has 2 aromatic heterocycles. The second-order valence-electron chi connectivity index (χ2n) is 7.06. The molecule has 0 atom stereocenters. The van der Waals surface area contributed by atoms with Gasteiger partial charge in [0.05, 0.1) is 11.3 Å². The normalized spacial score (nSPS) is 10.9. The number of rotatable bonds is 4. The summed E-state index contributed by atoms with van der Waals surface area (Å²) in [4.78, 5) is 29.5. The lowest BCUT2D eigenvalue weighted by molar-refractivity contribution is 0.102. The van der Waals surface area contributed by atoms with Gasteiger partial charge in [-0.25, -0.2) is 9.78 Å². The van der Waals surface area contributed by atoms with Crippen molar-refractivity contribution in [2.75, 3.05) is 5.32 Å². The van der Waals surface area contributed by atoms with E-state index in [0.717, 1.165) is 16.6 Å². The van der Waals surface area contributed by atoms with Crippen molar-refractivity contribution in [3.05, 3.63) is 105 Å². The Morgan fingerprint density at radius 1 is 0.938 bits per heavy atom. The third-order valence-electron chi connectivity index (χ3n) is 4.96. The topological polar surface area (TPSA) is 72.2 Å². The molecular weight excluding hydrogens is 444 g/mol. The van der Waals surface area contributed by atoms with Crippen LogP contribution in [0.1, 0.15) is 10.4 Å². The van der Waals surface area contributed by atoms with Gasteiger partial charge in [0.2, 0.25) is 0 Å². The zero-order valence-corrected chi connectivity index (χ0v) is 18.1. The van der Waals surface area contributed by atoms with Crippen LogP contribution in [0.5, 0.6) is 0 Å². The van der Waals surface area contributed by atoms with Gasteiger partial charge in [0, 0.05) is 26.9 Å². The highest BCUT2D eigenvalue weighted by molar-refractivity contribution is 7.14. The minimum Gasteiger partial charge on any atom is -0.422 e. The van der Waals surface area contributed by atoms with E-state index >= 15 is 0 Å². The van der Waals surface area contributed by atoms with Crippen molar-refractivity contribution < 1.29 is 9.21 Å². The zero-order valence-electron chi connectivity index (χ0n) is 16.5. The predicted molar refractivity (Wildman–Crippen MR) is 128 cm³/mol. The number of hydrogen-bond acceptors (Lipinski definition) is 5. The summed E-state index contributed by atoms with van der Waals surface area (Å²) < 4.78 is 5.40. The van der Waals surface area contributed by atoms with E-state index in [1.807, 2.05) is 35.7 Å². The Bertz CT molecular complexity index is 1490. The Morgan fingerprint density at radius 2 is 1.66 bits per heavy atom. The molecule has 5 aromatic rings. The van der Waals surface area contributed by atoms with Crippen molar-refractivity contribution >= 4 is 44.9 Å². The molecule has 0 aliphatic heterocycles. The molecule has 0 radical (unpaired) electrons. The van der Waals surface area contributed by atoms with Gasteiger partial charge in [-0.2, -0.15) is 0 Å². The SMILES string of the molecule is O=C(Nc1nc(-c2ccc(Cl)cc2)cs1)c1ccc(-c2cc3ccccc3oc2=O)cc1. The van der Waals surface area contributed by atoms with Crippen LogP contribution in [0.25, 0.3) is 33.4 Å². The van der Waals surface area contributed by atoms with E-state index < -0.39 is 5.63 Å². The molecule has 5 rings (SSSR count). The number of aromatic nitrogens is 1. The third-order valence-corrected chi connectivity index (χ3v) is 5.97. The number of fused-ring (bicyclic) bond motifs is 1. The molecule has 3 aromatic carbocycles. The van der Waals surface area contributed by atoms with Gasteiger partial charge < -0.3 is 4.42 Å². The van der Waals surface area contributed by atoms with E-state index in [4.69, 9.17) is 16.0 Å². The fourth-order valence-electron chi connectivity index (χ4n) is 3.32. The summed E-state index contributed by atoms with van der Waals surface area (Å²) in [6, 6.07) is 23.3. The number of nitrogens with zero attached hydrogens (tertiary/aromatic N) is 1. The standard InChI is InChI=1S/C25H15ClN2O3S/c26-19-11-9-16(10-12-19)21-14-32-25(27-21)28-23(29)17-7-5-15(6-8-17)20-13-18-3-1-2-4-22(18)31-24(20)30/h1-14H,(H,27,28,29). The van der Waals surface area contributed by atoms with Crippen LogP contribution in [-0.4, -0.2) is 10.9 Å². The number of carbonyl (C=O) groups excluding carboxylic acids is 1. The molecule has 0 aliphatic rings. The van der Waals surface area contributed by atoms with Crippen LogP contribution in [-0.2, 0) is 0 Å². The van der Waals surface area contributed by atoms with Gasteiger partial charge >= 0.3 is 5.63 Å². The predicted octanol–water partition coefficient (Wildman–Crippen LogP) is 6.49. The smallest absolute Gasteiger partial charge is 0.344 e. The highest BCUT2D eigenvalue weighted by Crippen LogP contribution is 2.27. The first-order chi connectivity index (χ1) is 15.6. The molecule has 0 unspecified atom stereocenters. The Labute approximate surface area is 191 Å². The largest absolute Gasteiger partial charge is 0.422 e. The maximum atomic E-state index is 12.7. The maximum Gasteiger partial charge on any atom is 0.344 e. The van der Waals surface area contributed by atoms with Gasteiger partial charge in [-0.1, -0.05) is 54.1 Å². The summed E-state index contributed by atoms with van der Waals surface area (Å²) in [6.07, 6.45) is 0. The van der Waals surface area contributed by atoms with Crippen molar-refractivity contribution in [2.24, 2.45) is 0 Å². The Morgan fingerprint density at radius 3 is 2.44 bits per heavy atom. The summed E-state index contributed by atoms with van der Waals surface area (Å²) in [6.45, 7) is 0. The lowest BCUT2D eigenvalue weighted by Gasteiger charge is -2.05. The monoisotopic (exact) mass is 458 g/mol. The molecule has 0 saturated carbocycles. The van der Waals surface area contributed by atoms with E-state index in [1.54, 1.807) is 48.5 Å². The van der Waals surface area contributed by atoms with E-state index in [1.165, 1.54) is 11.3 Å². The van der Waals surface area contributed by atoms with Crippen LogP contribution in [0.4, 0.5) is 5.13 Å². The zero-order chi connectivity index (χ0) is 22.1. The minimum atomic E-state index is -0.418. The second kappa shape index (κ2) is 8.42. The molecule has 156 valence electrons. The van der Waals surface area contributed by atoms with E-state index in [9.17, 15) is 9.59 Å². The molecule has 2 heterocycles. The third kappa shape index (κ3) is 4.06. The first kappa shape index (κ1) is 20.2. The highest BCUT2D eigenvalue weighted by Gasteiger charge is 2.12. The minimum absolute atomic E-state index is 0.279. The molecule has 1 N–H and O–H groups in total. The van der Waals surface area contributed by atoms with Crippen molar-refractivity contribution in [1.29, 1.82) is 0 Å². The van der Waals surface area contributed by atoms with Gasteiger partial charge in [0.25, 0.3) is 5.91 Å². The fraction of sp³-hybridized carbons (Fsp3) is 0. The van der Waals surface area contributed by atoms with Crippen LogP contribution in [0.2, 0.25) is 5.02 Å². The summed E-state index contributed by atoms with van der Waals surface area (Å²) >= 11 is 7.27. The highest BCUT2D eigenvalue weighted by atomic mass is 35.5. The van der Waals surface area contributed by atoms with Gasteiger partial charge in [-0.15, -0.1) is 11.3 Å². The van der Waals surface area contributed by atoms with Gasteiger partial charge in [-0.3, -0.25) is 10.1 Å².